The van der Waals surface area contributed by atoms with Crippen LogP contribution in [0.5, 0.6) is 0 Å². The summed E-state index contributed by atoms with van der Waals surface area (Å²) in [4.78, 5) is 5.07. The summed E-state index contributed by atoms with van der Waals surface area (Å²) in [6.45, 7) is 2.10. The number of aryl methyl sites for hydroxylation is 1. The number of fused-ring (bicyclic) bond motifs is 3. The van der Waals surface area contributed by atoms with Crippen molar-refractivity contribution < 1.29 is 0 Å². The van der Waals surface area contributed by atoms with Crippen molar-refractivity contribution in [1.29, 1.82) is 0 Å². The van der Waals surface area contributed by atoms with Crippen LogP contribution in [0, 0.1) is 6.92 Å². The Morgan fingerprint density at radius 3 is 1.37 bits per heavy atom. The molecule has 180 valence electrons. The molecule has 0 aliphatic carbocycles. The van der Waals surface area contributed by atoms with Gasteiger partial charge >= 0.3 is 229 Å². The molecule has 0 N–H and O–H groups in total. The molecule has 38 heavy (non-hydrogen) atoms. The molecule has 1 nitrogen and oxygen atoms in total. The third kappa shape index (κ3) is 3.82. The molecule has 0 aliphatic heterocycles. The molecular weight excluding hydrogens is 525 g/mol. The van der Waals surface area contributed by atoms with E-state index in [1.54, 1.807) is 0 Å². The fraction of sp³-hybridized carbons (Fsp3) is 0.0278. The summed E-state index contributed by atoms with van der Waals surface area (Å²) in [7, 11) is 0. The monoisotopic (exact) mass is 551 g/mol. The Balaban J connectivity index is 1.81. The van der Waals surface area contributed by atoms with Crippen LogP contribution in [0.15, 0.2) is 133 Å². The summed E-state index contributed by atoms with van der Waals surface area (Å²) in [6.07, 6.45) is 0. The van der Waals surface area contributed by atoms with Crippen LogP contribution in [0.25, 0.3) is 63.9 Å². The minimum absolute atomic E-state index is 0.0874. The molecule has 5 aromatic carbocycles. The molecule has 7 rings (SSSR count). The molecule has 0 aliphatic rings. The van der Waals surface area contributed by atoms with Gasteiger partial charge in [-0.25, -0.2) is 0 Å². The Morgan fingerprint density at radius 1 is 0.447 bits per heavy atom. The van der Waals surface area contributed by atoms with Gasteiger partial charge in [-0.15, -0.1) is 0 Å². The molecule has 0 amide bonds. The molecule has 7 aromatic rings. The molecule has 2 aromatic heterocycles. The third-order valence-electron chi connectivity index (χ3n) is 7.17. The van der Waals surface area contributed by atoms with Gasteiger partial charge in [0.05, 0.1) is 0 Å². The second-order valence-electron chi connectivity index (χ2n) is 9.58. The number of hydrogen-bond acceptors (Lipinski definition) is 1. The molecule has 2 heteroatoms. The van der Waals surface area contributed by atoms with Crippen molar-refractivity contribution in [1.82, 2.24) is 4.98 Å². The maximum atomic E-state index is 5.07. The molecule has 0 unspecified atom stereocenters. The van der Waals surface area contributed by atoms with Crippen LogP contribution in [0.2, 0.25) is 0 Å². The van der Waals surface area contributed by atoms with E-state index in [2.05, 4.69) is 140 Å². The first-order valence-electron chi connectivity index (χ1n) is 12.9. The van der Waals surface area contributed by atoms with Gasteiger partial charge in [0.2, 0.25) is 0 Å². The van der Waals surface area contributed by atoms with Gasteiger partial charge < -0.3 is 0 Å². The van der Waals surface area contributed by atoms with Crippen LogP contribution in [0.3, 0.4) is 0 Å². The molecule has 0 fully saturated rings. The Bertz CT molecular complexity index is 1890. The van der Waals surface area contributed by atoms with Gasteiger partial charge in [0, 0.05) is 0 Å². The van der Waals surface area contributed by atoms with Crippen molar-refractivity contribution in [3.63, 3.8) is 0 Å². The summed E-state index contributed by atoms with van der Waals surface area (Å²) in [6, 6.07) is 48.1. The van der Waals surface area contributed by atoms with Crippen molar-refractivity contribution in [2.45, 2.75) is 6.92 Å². The molecular formula is C36H25NSe. The quantitative estimate of drug-likeness (QED) is 0.199. The zero-order valence-electron chi connectivity index (χ0n) is 21.1. The van der Waals surface area contributed by atoms with E-state index in [0.717, 1.165) is 5.69 Å². The number of benzene rings is 5. The van der Waals surface area contributed by atoms with Crippen LogP contribution in [-0.2, 0) is 0 Å². The van der Waals surface area contributed by atoms with Crippen molar-refractivity contribution >= 4 is 33.9 Å². The Hall–Kier alpha value is -4.23. The fourth-order valence-corrected chi connectivity index (χ4v) is 8.27. The predicted molar refractivity (Wildman–Crippen MR) is 163 cm³/mol. The molecule has 0 atom stereocenters. The molecule has 2 heterocycles. The standard InChI is InChI=1S/C36H25NSe/c1-24-22-23-29-34-32(27-18-10-4-11-19-27)30(25-14-6-2-7-15-25)31(26-16-8-3-9-17-26)33(28-20-12-5-13-21-28)35(34)38-36(29)37-24/h2-23H,1H3. The van der Waals surface area contributed by atoms with Gasteiger partial charge in [-0.2, -0.15) is 0 Å². The van der Waals surface area contributed by atoms with Crippen LogP contribution >= 0.6 is 0 Å². The van der Waals surface area contributed by atoms with E-state index in [1.807, 2.05) is 0 Å². The van der Waals surface area contributed by atoms with E-state index in [0.29, 0.717) is 0 Å². The minimum atomic E-state index is 0.0874. The van der Waals surface area contributed by atoms with Crippen molar-refractivity contribution in [2.24, 2.45) is 0 Å². The number of pyridine rings is 1. The average molecular weight is 551 g/mol. The van der Waals surface area contributed by atoms with E-state index in [9.17, 15) is 0 Å². The van der Waals surface area contributed by atoms with E-state index in [-0.39, 0.29) is 14.5 Å². The van der Waals surface area contributed by atoms with E-state index < -0.39 is 0 Å². The van der Waals surface area contributed by atoms with Crippen molar-refractivity contribution in [3.05, 3.63) is 139 Å². The fourth-order valence-electron chi connectivity index (χ4n) is 5.54. The first-order valence-corrected chi connectivity index (χ1v) is 14.6. The van der Waals surface area contributed by atoms with Gasteiger partial charge in [0.15, 0.2) is 0 Å². The van der Waals surface area contributed by atoms with Crippen LogP contribution in [0.4, 0.5) is 0 Å². The Morgan fingerprint density at radius 2 is 0.868 bits per heavy atom. The van der Waals surface area contributed by atoms with Gasteiger partial charge in [-0.1, -0.05) is 0 Å². The van der Waals surface area contributed by atoms with Gasteiger partial charge in [-0.05, 0) is 0 Å². The molecule has 0 radical (unpaired) electrons. The Kier molecular flexibility index (Phi) is 5.78. The van der Waals surface area contributed by atoms with Crippen molar-refractivity contribution in [2.75, 3.05) is 0 Å². The van der Waals surface area contributed by atoms with Crippen molar-refractivity contribution in [3.8, 4) is 44.5 Å². The second-order valence-corrected chi connectivity index (χ2v) is 11.7. The third-order valence-corrected chi connectivity index (χ3v) is 9.51. The maximum absolute atomic E-state index is 5.07. The van der Waals surface area contributed by atoms with Gasteiger partial charge in [-0.3, -0.25) is 0 Å². The average Bonchev–Trinajstić information content (AvgIpc) is 3.35. The van der Waals surface area contributed by atoms with Gasteiger partial charge in [0.1, 0.15) is 0 Å². The van der Waals surface area contributed by atoms with E-state index in [1.165, 1.54) is 63.9 Å². The predicted octanol–water partition coefficient (Wildman–Crippen LogP) is 9.42. The normalized spacial score (nSPS) is 11.3. The summed E-state index contributed by atoms with van der Waals surface area (Å²) < 4.78 is 2.65. The second kappa shape index (κ2) is 9.58. The van der Waals surface area contributed by atoms with Crippen LogP contribution in [0.1, 0.15) is 5.69 Å². The van der Waals surface area contributed by atoms with E-state index in [4.69, 9.17) is 4.98 Å². The first-order chi connectivity index (χ1) is 18.8. The molecule has 0 bridgehead atoms. The SMILES string of the molecule is Cc1ccc2c(n1)[se]c1c(-c3ccccc3)c(-c3ccccc3)c(-c3ccccc3)c(-c3ccccc3)c12. The number of nitrogens with zero attached hydrogens (tertiary/aromatic N) is 1. The molecule has 0 saturated heterocycles. The topological polar surface area (TPSA) is 12.9 Å². The zero-order valence-corrected chi connectivity index (χ0v) is 22.8. The van der Waals surface area contributed by atoms with Crippen LogP contribution < -0.4 is 0 Å². The Labute approximate surface area is 228 Å². The number of aromatic nitrogens is 1. The zero-order chi connectivity index (χ0) is 25.5. The first kappa shape index (κ1) is 22.9. The number of rotatable bonds is 4. The van der Waals surface area contributed by atoms with Crippen LogP contribution in [-0.4, -0.2) is 19.5 Å². The van der Waals surface area contributed by atoms with E-state index >= 15 is 0 Å². The summed E-state index contributed by atoms with van der Waals surface area (Å²) in [5.74, 6) is 0. The molecule has 0 saturated carbocycles. The summed E-state index contributed by atoms with van der Waals surface area (Å²) in [5, 5.41) is 2.62. The summed E-state index contributed by atoms with van der Waals surface area (Å²) in [5.41, 5.74) is 11.3. The summed E-state index contributed by atoms with van der Waals surface area (Å²) >= 11 is 0.0874. The number of hydrogen-bond donors (Lipinski definition) is 0. The molecule has 0 spiro atoms. The van der Waals surface area contributed by atoms with Gasteiger partial charge in [0.25, 0.3) is 0 Å².